The van der Waals surface area contributed by atoms with Crippen molar-refractivity contribution in [2.75, 3.05) is 33.0 Å². The first-order valence-corrected chi connectivity index (χ1v) is 5.70. The van der Waals surface area contributed by atoms with Crippen molar-refractivity contribution < 1.29 is 4.74 Å². The quantitative estimate of drug-likeness (QED) is 0.780. The monoisotopic (exact) mass is 239 g/mol. The van der Waals surface area contributed by atoms with Crippen LogP contribution in [0.4, 0.5) is 5.69 Å². The molecule has 96 valence electrons. The van der Waals surface area contributed by atoms with E-state index in [9.17, 15) is 4.79 Å². The summed E-state index contributed by atoms with van der Waals surface area (Å²) < 4.78 is 6.81. The van der Waals surface area contributed by atoms with E-state index in [-0.39, 0.29) is 11.7 Å². The molecule has 5 heteroatoms. The molecule has 0 saturated carbocycles. The lowest BCUT2D eigenvalue weighted by atomic mass is 10.3. The smallest absolute Gasteiger partial charge is 0.250 e. The van der Waals surface area contributed by atoms with E-state index in [2.05, 4.69) is 4.90 Å². The molecule has 1 aromatic heterocycles. The summed E-state index contributed by atoms with van der Waals surface area (Å²) >= 11 is 0. The zero-order chi connectivity index (χ0) is 12.8. The predicted molar refractivity (Wildman–Crippen MR) is 69.1 cm³/mol. The average Bonchev–Trinajstić information content (AvgIpc) is 2.30. The van der Waals surface area contributed by atoms with Crippen LogP contribution in [0.3, 0.4) is 0 Å². The molecule has 0 aliphatic rings. The Morgan fingerprint density at radius 3 is 2.88 bits per heavy atom. The fraction of sp³-hybridized carbons (Fsp3) is 0.583. The van der Waals surface area contributed by atoms with Crippen LogP contribution >= 0.6 is 0 Å². The fourth-order valence-electron chi connectivity index (χ4n) is 1.61. The van der Waals surface area contributed by atoms with Gasteiger partial charge in [-0.2, -0.15) is 0 Å². The fourth-order valence-corrected chi connectivity index (χ4v) is 1.61. The first kappa shape index (κ1) is 13.7. The van der Waals surface area contributed by atoms with Gasteiger partial charge in [-0.3, -0.25) is 4.79 Å². The molecule has 1 rings (SSSR count). The Balaban J connectivity index is 2.50. The third-order valence-corrected chi connectivity index (χ3v) is 2.70. The Morgan fingerprint density at radius 2 is 2.24 bits per heavy atom. The van der Waals surface area contributed by atoms with Crippen molar-refractivity contribution in [3.05, 3.63) is 28.7 Å². The second kappa shape index (κ2) is 6.42. The predicted octanol–water partition coefficient (Wildman–Crippen LogP) is 0.397. The van der Waals surface area contributed by atoms with Crippen LogP contribution in [-0.4, -0.2) is 42.8 Å². The van der Waals surface area contributed by atoms with Crippen LogP contribution in [0.25, 0.3) is 0 Å². The molecule has 1 unspecified atom stereocenters. The van der Waals surface area contributed by atoms with Crippen molar-refractivity contribution >= 4 is 5.69 Å². The van der Waals surface area contributed by atoms with Gasteiger partial charge in [0.2, 0.25) is 0 Å². The maximum absolute atomic E-state index is 11.5. The number of likely N-dealkylation sites (N-methyl/N-ethyl adjacent to an activating group) is 1. The highest BCUT2D eigenvalue weighted by atomic mass is 16.5. The molecule has 17 heavy (non-hydrogen) atoms. The summed E-state index contributed by atoms with van der Waals surface area (Å²) in [6.07, 6.45) is 1.87. The van der Waals surface area contributed by atoms with E-state index in [4.69, 9.17) is 10.5 Å². The Labute approximate surface area is 102 Å². The van der Waals surface area contributed by atoms with E-state index in [1.807, 2.05) is 14.0 Å². The maximum atomic E-state index is 11.5. The molecular weight excluding hydrogens is 218 g/mol. The molecule has 0 amide bonds. The van der Waals surface area contributed by atoms with E-state index in [1.165, 1.54) is 6.07 Å². The first-order chi connectivity index (χ1) is 8.02. The molecule has 0 fully saturated rings. The molecule has 0 aliphatic carbocycles. The summed E-state index contributed by atoms with van der Waals surface area (Å²) in [6, 6.07) is 3.11. The van der Waals surface area contributed by atoms with Gasteiger partial charge in [0, 0.05) is 44.7 Å². The van der Waals surface area contributed by atoms with Gasteiger partial charge < -0.3 is 19.9 Å². The van der Waals surface area contributed by atoms with Crippen LogP contribution in [-0.2, 0) is 11.3 Å². The molecule has 0 saturated heterocycles. The molecule has 1 aromatic rings. The van der Waals surface area contributed by atoms with Gasteiger partial charge in [0.25, 0.3) is 5.56 Å². The molecule has 1 heterocycles. The largest absolute Gasteiger partial charge is 0.398 e. The van der Waals surface area contributed by atoms with Crippen molar-refractivity contribution in [2.24, 2.45) is 0 Å². The second-order valence-corrected chi connectivity index (χ2v) is 4.30. The van der Waals surface area contributed by atoms with Gasteiger partial charge in [0.05, 0.1) is 6.10 Å². The Morgan fingerprint density at radius 1 is 1.53 bits per heavy atom. The number of pyridine rings is 1. The molecular formula is C12H21N3O2. The highest BCUT2D eigenvalue weighted by Crippen LogP contribution is 1.97. The van der Waals surface area contributed by atoms with E-state index in [1.54, 1.807) is 23.9 Å². The number of ether oxygens (including phenoxy) is 1. The average molecular weight is 239 g/mol. The summed E-state index contributed by atoms with van der Waals surface area (Å²) in [6.45, 7) is 4.28. The SMILES string of the molecule is COC(C)CN(C)CCn1cc(N)ccc1=O. The standard InChI is InChI=1S/C12H21N3O2/c1-10(17-3)8-14(2)6-7-15-9-11(13)4-5-12(15)16/h4-5,9-10H,6-8,13H2,1-3H3. The molecule has 0 spiro atoms. The third-order valence-electron chi connectivity index (χ3n) is 2.70. The second-order valence-electron chi connectivity index (χ2n) is 4.30. The number of anilines is 1. The number of hydrogen-bond acceptors (Lipinski definition) is 4. The minimum absolute atomic E-state index is 0.0209. The molecule has 5 nitrogen and oxygen atoms in total. The number of nitrogens with two attached hydrogens (primary N) is 1. The minimum atomic E-state index is -0.0209. The van der Waals surface area contributed by atoms with Crippen LogP contribution < -0.4 is 11.3 Å². The van der Waals surface area contributed by atoms with Crippen molar-refractivity contribution in [2.45, 2.75) is 19.6 Å². The maximum Gasteiger partial charge on any atom is 0.250 e. The van der Waals surface area contributed by atoms with Gasteiger partial charge in [-0.1, -0.05) is 0 Å². The Kier molecular flexibility index (Phi) is 5.18. The van der Waals surface area contributed by atoms with Crippen LogP contribution in [0.5, 0.6) is 0 Å². The van der Waals surface area contributed by atoms with Crippen molar-refractivity contribution in [3.63, 3.8) is 0 Å². The number of aromatic nitrogens is 1. The van der Waals surface area contributed by atoms with E-state index < -0.39 is 0 Å². The van der Waals surface area contributed by atoms with Gasteiger partial charge in [0.15, 0.2) is 0 Å². The summed E-state index contributed by atoms with van der Waals surface area (Å²) in [7, 11) is 3.70. The normalized spacial score (nSPS) is 12.9. The lowest BCUT2D eigenvalue weighted by Crippen LogP contribution is -2.33. The van der Waals surface area contributed by atoms with Gasteiger partial charge >= 0.3 is 0 Å². The summed E-state index contributed by atoms with van der Waals surface area (Å²) in [4.78, 5) is 13.7. The summed E-state index contributed by atoms with van der Waals surface area (Å²) in [5.41, 5.74) is 6.23. The third kappa shape index (κ3) is 4.58. The van der Waals surface area contributed by atoms with Gasteiger partial charge in [0.1, 0.15) is 0 Å². The molecule has 0 radical (unpaired) electrons. The van der Waals surface area contributed by atoms with Gasteiger partial charge in [-0.15, -0.1) is 0 Å². The van der Waals surface area contributed by atoms with E-state index in [0.29, 0.717) is 12.2 Å². The van der Waals surface area contributed by atoms with E-state index >= 15 is 0 Å². The Bertz CT molecular complexity index is 403. The van der Waals surface area contributed by atoms with Crippen LogP contribution in [0.1, 0.15) is 6.92 Å². The zero-order valence-corrected chi connectivity index (χ0v) is 10.7. The van der Waals surface area contributed by atoms with Crippen LogP contribution in [0.15, 0.2) is 23.1 Å². The number of nitrogen functional groups attached to an aromatic ring is 1. The van der Waals surface area contributed by atoms with Crippen LogP contribution in [0.2, 0.25) is 0 Å². The Hall–Kier alpha value is -1.33. The number of hydrogen-bond donors (Lipinski definition) is 1. The number of rotatable bonds is 6. The topological polar surface area (TPSA) is 60.5 Å². The van der Waals surface area contributed by atoms with Gasteiger partial charge in [-0.05, 0) is 20.0 Å². The lowest BCUT2D eigenvalue weighted by molar-refractivity contribution is 0.0846. The molecule has 0 aromatic carbocycles. The summed E-state index contributed by atoms with van der Waals surface area (Å²) in [5, 5.41) is 0. The number of nitrogens with zero attached hydrogens (tertiary/aromatic N) is 2. The van der Waals surface area contributed by atoms with Crippen molar-refractivity contribution in [1.82, 2.24) is 9.47 Å². The van der Waals surface area contributed by atoms with Gasteiger partial charge in [-0.25, -0.2) is 0 Å². The van der Waals surface area contributed by atoms with Crippen molar-refractivity contribution in [1.29, 1.82) is 0 Å². The van der Waals surface area contributed by atoms with Crippen LogP contribution in [0, 0.1) is 0 Å². The molecule has 1 atom stereocenters. The molecule has 0 aliphatic heterocycles. The minimum Gasteiger partial charge on any atom is -0.398 e. The first-order valence-electron chi connectivity index (χ1n) is 5.70. The summed E-state index contributed by atoms with van der Waals surface area (Å²) in [5.74, 6) is 0. The number of methoxy groups -OCH3 is 1. The molecule has 0 bridgehead atoms. The highest BCUT2D eigenvalue weighted by Gasteiger charge is 2.05. The highest BCUT2D eigenvalue weighted by molar-refractivity contribution is 5.33. The molecule has 2 N–H and O–H groups in total. The lowest BCUT2D eigenvalue weighted by Gasteiger charge is -2.20. The zero-order valence-electron chi connectivity index (χ0n) is 10.7. The van der Waals surface area contributed by atoms with E-state index in [0.717, 1.165) is 13.1 Å². The van der Waals surface area contributed by atoms with Crippen molar-refractivity contribution in [3.8, 4) is 0 Å².